The van der Waals surface area contributed by atoms with Gasteiger partial charge in [0.15, 0.2) is 0 Å². The van der Waals surface area contributed by atoms with Gasteiger partial charge in [0.2, 0.25) is 10.0 Å². The van der Waals surface area contributed by atoms with Crippen molar-refractivity contribution >= 4 is 26.8 Å². The van der Waals surface area contributed by atoms with Gasteiger partial charge >= 0.3 is 0 Å². The fourth-order valence-corrected chi connectivity index (χ4v) is 7.34. The van der Waals surface area contributed by atoms with Gasteiger partial charge in [0.05, 0.1) is 29.2 Å². The SMILES string of the molecule is CC(C)N(C)C(=O)c1cc(F)ccc1-n1cc(C2CCN(CC3CCC(NS(C)(=O)=O)CC3)CC2)c2ccncc21. The number of carbonyl (C=O) groups excluding carboxylic acids is 1. The third-order valence-corrected chi connectivity index (χ3v) is 9.72. The van der Waals surface area contributed by atoms with Gasteiger partial charge in [-0.05, 0) is 107 Å². The van der Waals surface area contributed by atoms with Crippen molar-refractivity contribution in [3.05, 3.63) is 59.8 Å². The zero-order chi connectivity index (χ0) is 29.3. The molecule has 8 nitrogen and oxygen atoms in total. The smallest absolute Gasteiger partial charge is 0.256 e. The summed E-state index contributed by atoms with van der Waals surface area (Å²) in [7, 11) is -1.41. The first-order valence-electron chi connectivity index (χ1n) is 14.7. The number of fused-ring (bicyclic) bond motifs is 1. The molecule has 0 unspecified atom stereocenters. The van der Waals surface area contributed by atoms with Crippen LogP contribution in [0.25, 0.3) is 16.6 Å². The highest BCUT2D eigenvalue weighted by atomic mass is 32.2. The number of likely N-dealkylation sites (tertiary alicyclic amines) is 1. The van der Waals surface area contributed by atoms with Gasteiger partial charge in [-0.25, -0.2) is 17.5 Å². The number of nitrogens with one attached hydrogen (secondary N) is 1. The van der Waals surface area contributed by atoms with Crippen LogP contribution in [-0.2, 0) is 10.0 Å². The summed E-state index contributed by atoms with van der Waals surface area (Å²) < 4.78 is 42.3. The van der Waals surface area contributed by atoms with Gasteiger partial charge in [0.1, 0.15) is 5.82 Å². The molecule has 3 heterocycles. The number of halogens is 1. The molecule has 1 saturated heterocycles. The molecule has 0 radical (unpaired) electrons. The quantitative estimate of drug-likeness (QED) is 0.406. The molecule has 1 amide bonds. The number of carbonyl (C=O) groups is 1. The molecule has 222 valence electrons. The van der Waals surface area contributed by atoms with Crippen LogP contribution >= 0.6 is 0 Å². The number of nitrogens with zero attached hydrogens (tertiary/aromatic N) is 4. The Morgan fingerprint density at radius 3 is 2.49 bits per heavy atom. The van der Waals surface area contributed by atoms with E-state index in [1.165, 1.54) is 24.0 Å². The molecule has 1 aromatic carbocycles. The summed E-state index contributed by atoms with van der Waals surface area (Å²) in [6.45, 7) is 6.98. The van der Waals surface area contributed by atoms with Crippen LogP contribution in [0.1, 0.15) is 74.2 Å². The van der Waals surface area contributed by atoms with E-state index in [0.29, 0.717) is 23.1 Å². The minimum atomic E-state index is -3.15. The summed E-state index contributed by atoms with van der Waals surface area (Å²) in [5.74, 6) is 0.341. The van der Waals surface area contributed by atoms with Gasteiger partial charge in [-0.15, -0.1) is 0 Å². The average molecular weight is 584 g/mol. The number of pyridine rings is 1. The molecule has 0 bridgehead atoms. The van der Waals surface area contributed by atoms with Crippen LogP contribution < -0.4 is 4.72 Å². The number of hydrogen-bond donors (Lipinski definition) is 1. The fourth-order valence-electron chi connectivity index (χ4n) is 6.50. The number of hydrogen-bond acceptors (Lipinski definition) is 5. The molecule has 3 aromatic rings. The Morgan fingerprint density at radius 2 is 1.83 bits per heavy atom. The van der Waals surface area contributed by atoms with Crippen LogP contribution in [0.15, 0.2) is 42.9 Å². The van der Waals surface area contributed by atoms with Crippen molar-refractivity contribution in [3.63, 3.8) is 0 Å². The highest BCUT2D eigenvalue weighted by Crippen LogP contribution is 2.37. The van der Waals surface area contributed by atoms with Gasteiger partial charge in [-0.2, -0.15) is 0 Å². The van der Waals surface area contributed by atoms with E-state index in [1.807, 2.05) is 36.9 Å². The van der Waals surface area contributed by atoms with E-state index in [1.54, 1.807) is 18.0 Å². The van der Waals surface area contributed by atoms with Crippen LogP contribution in [0.5, 0.6) is 0 Å². The zero-order valence-corrected chi connectivity index (χ0v) is 25.3. The van der Waals surface area contributed by atoms with Crippen molar-refractivity contribution in [3.8, 4) is 5.69 Å². The second kappa shape index (κ2) is 12.2. The molecular formula is C31H42FN5O3S. The van der Waals surface area contributed by atoms with Gasteiger partial charge in [0.25, 0.3) is 5.91 Å². The second-order valence-corrected chi connectivity index (χ2v) is 14.0. The Labute approximate surface area is 243 Å². The van der Waals surface area contributed by atoms with E-state index >= 15 is 0 Å². The number of benzene rings is 1. The molecule has 1 N–H and O–H groups in total. The minimum absolute atomic E-state index is 0.0124. The van der Waals surface area contributed by atoms with Crippen LogP contribution in [-0.4, -0.2) is 78.7 Å². The molecule has 2 aromatic heterocycles. The third-order valence-electron chi connectivity index (χ3n) is 8.95. The lowest BCUT2D eigenvalue weighted by molar-refractivity contribution is 0.0754. The van der Waals surface area contributed by atoms with Crippen LogP contribution in [0.2, 0.25) is 0 Å². The highest BCUT2D eigenvalue weighted by Gasteiger charge is 2.29. The first kappa shape index (κ1) is 29.7. The number of rotatable bonds is 8. The predicted octanol–water partition coefficient (Wildman–Crippen LogP) is 4.93. The van der Waals surface area contributed by atoms with Gasteiger partial charge in [0, 0.05) is 43.5 Å². The third kappa shape index (κ3) is 6.81. The van der Waals surface area contributed by atoms with Gasteiger partial charge < -0.3 is 14.4 Å². The predicted molar refractivity (Wildman–Crippen MR) is 160 cm³/mol. The average Bonchev–Trinajstić information content (AvgIpc) is 3.32. The van der Waals surface area contributed by atoms with Crippen molar-refractivity contribution in [1.29, 1.82) is 0 Å². The van der Waals surface area contributed by atoms with Crippen molar-refractivity contribution in [1.82, 2.24) is 24.1 Å². The van der Waals surface area contributed by atoms with Crippen molar-refractivity contribution in [2.24, 2.45) is 5.92 Å². The zero-order valence-electron chi connectivity index (χ0n) is 24.5. The fraction of sp³-hybridized carbons (Fsp3) is 0.548. The van der Waals surface area contributed by atoms with Crippen molar-refractivity contribution in [2.75, 3.05) is 32.9 Å². The van der Waals surface area contributed by atoms with E-state index < -0.39 is 15.8 Å². The summed E-state index contributed by atoms with van der Waals surface area (Å²) in [4.78, 5) is 21.9. The summed E-state index contributed by atoms with van der Waals surface area (Å²) in [5, 5.41) is 1.12. The first-order valence-corrected chi connectivity index (χ1v) is 16.6. The Morgan fingerprint density at radius 1 is 1.12 bits per heavy atom. The Bertz CT molecular complexity index is 1490. The van der Waals surface area contributed by atoms with Crippen LogP contribution in [0.4, 0.5) is 4.39 Å². The molecule has 0 atom stereocenters. The standard InChI is InChI=1S/C31H42FN5O3S/c1-21(2)35(3)31(38)27-17-24(32)7-10-29(27)37-20-28(26-11-14-33-18-30(26)37)23-12-15-36(16-13-23)19-22-5-8-25(9-6-22)34-41(4,39)40/h7,10-11,14,17-18,20-23,25,34H,5-6,8-9,12-13,15-16,19H2,1-4H3. The normalized spacial score (nSPS) is 21.0. The number of aromatic nitrogens is 2. The maximum atomic E-state index is 14.4. The molecule has 10 heteroatoms. The molecular weight excluding hydrogens is 541 g/mol. The Balaban J connectivity index is 1.31. The lowest BCUT2D eigenvalue weighted by atomic mass is 9.84. The molecule has 0 spiro atoms. The maximum absolute atomic E-state index is 14.4. The van der Waals surface area contributed by atoms with Gasteiger partial charge in [-0.3, -0.25) is 9.78 Å². The largest absolute Gasteiger partial charge is 0.339 e. The van der Waals surface area contributed by atoms with Crippen LogP contribution in [0, 0.1) is 11.7 Å². The highest BCUT2D eigenvalue weighted by molar-refractivity contribution is 7.88. The molecule has 1 aliphatic heterocycles. The number of piperidine rings is 1. The van der Waals surface area contributed by atoms with Gasteiger partial charge in [-0.1, -0.05) is 0 Å². The molecule has 1 aliphatic carbocycles. The second-order valence-electron chi connectivity index (χ2n) is 12.2. The lowest BCUT2D eigenvalue weighted by Crippen LogP contribution is -2.41. The molecule has 2 aliphatic rings. The van der Waals surface area contributed by atoms with Crippen LogP contribution in [0.3, 0.4) is 0 Å². The molecule has 41 heavy (non-hydrogen) atoms. The monoisotopic (exact) mass is 583 g/mol. The van der Waals surface area contributed by atoms with Crippen molar-refractivity contribution in [2.45, 2.75) is 70.4 Å². The topological polar surface area (TPSA) is 87.5 Å². The first-order chi connectivity index (χ1) is 19.5. The minimum Gasteiger partial charge on any atom is -0.339 e. The van der Waals surface area contributed by atoms with E-state index in [4.69, 9.17) is 0 Å². The molecule has 2 fully saturated rings. The summed E-state index contributed by atoms with van der Waals surface area (Å²) in [5.41, 5.74) is 3.16. The van der Waals surface area contributed by atoms with E-state index in [9.17, 15) is 17.6 Å². The number of amides is 1. The van der Waals surface area contributed by atoms with E-state index in [-0.39, 0.29) is 18.0 Å². The summed E-state index contributed by atoms with van der Waals surface area (Å²) in [6, 6.07) is 6.54. The number of sulfonamides is 1. The molecule has 5 rings (SSSR count). The lowest BCUT2D eigenvalue weighted by Gasteiger charge is -2.36. The Kier molecular flexibility index (Phi) is 8.82. The Hall–Kier alpha value is -2.82. The van der Waals surface area contributed by atoms with Crippen molar-refractivity contribution < 1.29 is 17.6 Å². The van der Waals surface area contributed by atoms with E-state index in [2.05, 4.69) is 20.8 Å². The van der Waals surface area contributed by atoms with E-state index in [0.717, 1.165) is 69.1 Å². The maximum Gasteiger partial charge on any atom is 0.256 e. The summed E-state index contributed by atoms with van der Waals surface area (Å²) in [6.07, 6.45) is 13.0. The summed E-state index contributed by atoms with van der Waals surface area (Å²) >= 11 is 0. The molecule has 1 saturated carbocycles.